The summed E-state index contributed by atoms with van der Waals surface area (Å²) in [5.74, 6) is -0.155. The second kappa shape index (κ2) is 17.2. The maximum Gasteiger partial charge on any atom is 0.221 e. The molecule has 47 heavy (non-hydrogen) atoms. The molecule has 0 spiro atoms. The van der Waals surface area contributed by atoms with Crippen LogP contribution < -0.4 is 26.4 Å². The summed E-state index contributed by atoms with van der Waals surface area (Å²) in [5, 5.41) is 9.65. The van der Waals surface area contributed by atoms with E-state index in [2.05, 4.69) is 41.9 Å². The van der Waals surface area contributed by atoms with Crippen LogP contribution in [0.4, 0.5) is 20.3 Å². The highest BCUT2D eigenvalue weighted by Gasteiger charge is 2.18. The van der Waals surface area contributed by atoms with E-state index in [0.717, 1.165) is 47.4 Å². The topological polar surface area (TPSA) is 114 Å². The minimum absolute atomic E-state index is 0.0751. The number of halogens is 2. The molecule has 2 aromatic carbocycles. The van der Waals surface area contributed by atoms with Crippen molar-refractivity contribution in [2.75, 3.05) is 23.8 Å². The van der Waals surface area contributed by atoms with Crippen molar-refractivity contribution in [3.63, 3.8) is 0 Å². The van der Waals surface area contributed by atoms with Crippen molar-refractivity contribution in [2.45, 2.75) is 59.9 Å². The summed E-state index contributed by atoms with van der Waals surface area (Å²) < 4.78 is 35.0. The Hall–Kier alpha value is -4.83. The predicted molar refractivity (Wildman–Crippen MR) is 185 cm³/mol. The second-order valence-electron chi connectivity index (χ2n) is 11.3. The van der Waals surface area contributed by atoms with Crippen molar-refractivity contribution in [1.82, 2.24) is 15.3 Å². The summed E-state index contributed by atoms with van der Waals surface area (Å²) >= 11 is 0. The molecule has 1 atom stereocenters. The van der Waals surface area contributed by atoms with E-state index >= 15 is 0 Å². The fraction of sp³-hybridized carbons (Fsp3) is 0.324. The minimum Gasteiger partial charge on any atom is -0.494 e. The van der Waals surface area contributed by atoms with E-state index in [4.69, 9.17) is 20.4 Å². The van der Waals surface area contributed by atoms with Crippen LogP contribution in [0.5, 0.6) is 5.75 Å². The van der Waals surface area contributed by atoms with Crippen molar-refractivity contribution in [3.8, 4) is 5.75 Å². The lowest BCUT2D eigenvalue weighted by molar-refractivity contribution is -0.118. The number of rotatable bonds is 14. The Morgan fingerprint density at radius 2 is 1.94 bits per heavy atom. The Kier molecular flexibility index (Phi) is 12.8. The van der Waals surface area contributed by atoms with Gasteiger partial charge in [0.2, 0.25) is 5.91 Å². The van der Waals surface area contributed by atoms with Gasteiger partial charge in [-0.1, -0.05) is 56.7 Å². The zero-order chi connectivity index (χ0) is 33.8. The number of ether oxygens (including phenoxy) is 1. The number of anilines is 2. The van der Waals surface area contributed by atoms with E-state index in [1.807, 2.05) is 42.5 Å². The molecule has 5 N–H and O–H groups in total. The average Bonchev–Trinajstić information content (AvgIpc) is 3.03. The van der Waals surface area contributed by atoms with Crippen molar-refractivity contribution < 1.29 is 18.3 Å². The number of unbranched alkanes of at least 4 members (excludes halogenated alkanes) is 1. The Morgan fingerprint density at radius 1 is 1.17 bits per heavy atom. The third kappa shape index (κ3) is 9.59. The number of hydrogen-bond donors (Lipinski definition) is 4. The number of carbonyl (C=O) groups is 1. The number of nitrogens with zero attached hydrogens (tertiary/aromatic N) is 2. The first-order valence-electron chi connectivity index (χ1n) is 16.1. The number of carbonyl (C=O) groups excluding carboxylic acids is 1. The van der Waals surface area contributed by atoms with Gasteiger partial charge in [0.1, 0.15) is 23.2 Å². The van der Waals surface area contributed by atoms with E-state index in [-0.39, 0.29) is 29.7 Å². The van der Waals surface area contributed by atoms with Crippen molar-refractivity contribution in [2.24, 2.45) is 11.7 Å². The molecule has 1 aliphatic rings. The van der Waals surface area contributed by atoms with Gasteiger partial charge >= 0.3 is 0 Å². The number of nitrogens with two attached hydrogens (primary N) is 1. The van der Waals surface area contributed by atoms with Gasteiger partial charge in [-0.25, -0.2) is 18.7 Å². The largest absolute Gasteiger partial charge is 0.494 e. The molecule has 1 amide bonds. The summed E-state index contributed by atoms with van der Waals surface area (Å²) in [4.78, 5) is 21.7. The molecule has 0 saturated heterocycles. The highest BCUT2D eigenvalue weighted by molar-refractivity contribution is 5.84. The minimum atomic E-state index is -0.682. The first-order chi connectivity index (χ1) is 22.7. The van der Waals surface area contributed by atoms with Crippen LogP contribution in [0.1, 0.15) is 69.5 Å². The molecule has 1 unspecified atom stereocenters. The number of hydrogen-bond acceptors (Lipinski definition) is 7. The molecule has 10 heteroatoms. The van der Waals surface area contributed by atoms with Crippen LogP contribution in [0.15, 0.2) is 84.4 Å². The van der Waals surface area contributed by atoms with E-state index in [1.54, 1.807) is 13.1 Å². The van der Waals surface area contributed by atoms with Crippen LogP contribution in [0.2, 0.25) is 0 Å². The molecular weight excluding hydrogens is 598 g/mol. The zero-order valence-corrected chi connectivity index (χ0v) is 27.5. The number of aromatic nitrogens is 2. The summed E-state index contributed by atoms with van der Waals surface area (Å²) in [5.41, 5.74) is 10.5. The first kappa shape index (κ1) is 35.0. The molecule has 0 saturated carbocycles. The smallest absolute Gasteiger partial charge is 0.221 e. The molecule has 0 radical (unpaired) electrons. The summed E-state index contributed by atoms with van der Waals surface area (Å²) in [6, 6.07) is 9.96. The fourth-order valence-electron chi connectivity index (χ4n) is 5.16. The SMILES string of the molecule is CCC/C=C(/c1ncc(CCN)c(NC2=C/C=C/CC(C)/C(NC(C)=O)=C\2)n1)c1ccccc1NCc1c(F)cc(OCC)cc1F. The van der Waals surface area contributed by atoms with Crippen LogP contribution in [0.3, 0.4) is 0 Å². The Balaban J connectivity index is 1.72. The van der Waals surface area contributed by atoms with E-state index in [0.29, 0.717) is 36.9 Å². The summed E-state index contributed by atoms with van der Waals surface area (Å²) in [7, 11) is 0. The lowest BCUT2D eigenvalue weighted by Crippen LogP contribution is -2.24. The molecule has 4 rings (SSSR count). The molecule has 1 aliphatic carbocycles. The number of amides is 1. The Labute approximate surface area is 275 Å². The fourth-order valence-corrected chi connectivity index (χ4v) is 5.16. The number of nitrogens with one attached hydrogen (secondary N) is 3. The van der Waals surface area contributed by atoms with Crippen LogP contribution in [-0.2, 0) is 17.8 Å². The quantitative estimate of drug-likeness (QED) is 0.145. The van der Waals surface area contributed by atoms with Gasteiger partial charge in [0.25, 0.3) is 0 Å². The van der Waals surface area contributed by atoms with Gasteiger partial charge < -0.3 is 26.4 Å². The van der Waals surface area contributed by atoms with Gasteiger partial charge in [0.15, 0.2) is 5.82 Å². The van der Waals surface area contributed by atoms with Gasteiger partial charge in [-0.15, -0.1) is 0 Å². The third-order valence-electron chi connectivity index (χ3n) is 7.58. The lowest BCUT2D eigenvalue weighted by atomic mass is 10.00. The van der Waals surface area contributed by atoms with Gasteiger partial charge in [0.05, 0.1) is 6.61 Å². The highest BCUT2D eigenvalue weighted by Crippen LogP contribution is 2.31. The number of para-hydroxylation sites is 1. The van der Waals surface area contributed by atoms with Gasteiger partial charge in [-0.05, 0) is 56.9 Å². The van der Waals surface area contributed by atoms with Gasteiger partial charge in [0, 0.05) is 71.1 Å². The normalized spacial score (nSPS) is 17.8. The number of benzene rings is 2. The molecule has 0 fully saturated rings. The standard InChI is InChI=1S/C37H44F2N6O2/c1-5-7-14-30(29-15-10-11-16-34(29)41-23-31-32(38)20-28(47-6-2)21-33(31)39)37-42-22-26(17-18-40)36(45-37)44-27-13-9-8-12-24(3)35(19-27)43-25(4)46/h8-11,13-16,19-22,24,41H,5-7,12,17-18,23,40H2,1-4H3,(H,43,46)(H,42,44,45)/b9-8+,27-13+,30-14+,35-19+. The molecule has 1 heterocycles. The molecule has 0 aliphatic heterocycles. The van der Waals surface area contributed by atoms with Crippen molar-refractivity contribution >= 4 is 23.0 Å². The lowest BCUT2D eigenvalue weighted by Gasteiger charge is -2.20. The Bertz CT molecular complexity index is 1660. The van der Waals surface area contributed by atoms with Crippen molar-refractivity contribution in [1.29, 1.82) is 0 Å². The molecule has 0 bridgehead atoms. The predicted octanol–water partition coefficient (Wildman–Crippen LogP) is 7.41. The van der Waals surface area contributed by atoms with Crippen molar-refractivity contribution in [3.05, 3.63) is 119 Å². The maximum absolute atomic E-state index is 14.9. The van der Waals surface area contributed by atoms with Crippen LogP contribution in [0.25, 0.3) is 5.57 Å². The molecule has 3 aromatic rings. The van der Waals surface area contributed by atoms with Gasteiger partial charge in [-0.3, -0.25) is 4.79 Å². The maximum atomic E-state index is 14.9. The first-order valence-corrected chi connectivity index (χ1v) is 16.1. The zero-order valence-electron chi connectivity index (χ0n) is 27.5. The number of allylic oxidation sites excluding steroid dienone is 6. The van der Waals surface area contributed by atoms with E-state index < -0.39 is 11.6 Å². The molecule has 248 valence electrons. The summed E-state index contributed by atoms with van der Waals surface area (Å²) in [6.45, 7) is 8.05. The molecular formula is C37H44F2N6O2. The molecule has 8 nitrogen and oxygen atoms in total. The van der Waals surface area contributed by atoms with E-state index in [9.17, 15) is 13.6 Å². The van der Waals surface area contributed by atoms with Crippen LogP contribution in [-0.4, -0.2) is 29.0 Å². The van der Waals surface area contributed by atoms with Gasteiger partial charge in [-0.2, -0.15) is 0 Å². The van der Waals surface area contributed by atoms with Crippen LogP contribution >= 0.6 is 0 Å². The second-order valence-corrected chi connectivity index (χ2v) is 11.3. The monoisotopic (exact) mass is 642 g/mol. The molecule has 1 aromatic heterocycles. The summed E-state index contributed by atoms with van der Waals surface area (Å²) in [6.07, 6.45) is 14.8. The van der Waals surface area contributed by atoms with E-state index in [1.165, 1.54) is 19.1 Å². The third-order valence-corrected chi connectivity index (χ3v) is 7.58. The van der Waals surface area contributed by atoms with Crippen LogP contribution in [0, 0.1) is 17.6 Å². The average molecular weight is 643 g/mol. The Morgan fingerprint density at radius 3 is 2.64 bits per heavy atom. The highest BCUT2D eigenvalue weighted by atomic mass is 19.1.